The average molecular weight is 267 g/mol. The molecule has 0 fully saturated rings. The van der Waals surface area contributed by atoms with Gasteiger partial charge in [0.15, 0.2) is 5.78 Å². The van der Waals surface area contributed by atoms with Gasteiger partial charge in [0.25, 0.3) is 0 Å². The Bertz CT molecular complexity index is 596. The summed E-state index contributed by atoms with van der Waals surface area (Å²) in [5.41, 5.74) is 0.881. The highest BCUT2D eigenvalue weighted by Gasteiger charge is 2.09. The molecule has 0 saturated carbocycles. The number of hydrogen-bond donors (Lipinski definition) is 0. The van der Waals surface area contributed by atoms with Crippen LogP contribution >= 0.6 is 11.6 Å². The third-order valence-corrected chi connectivity index (χ3v) is 2.78. The van der Waals surface area contributed by atoms with Crippen LogP contribution in [0.4, 0.5) is 8.78 Å². The molecule has 0 aromatic heterocycles. The van der Waals surface area contributed by atoms with E-state index in [1.807, 2.05) is 0 Å². The summed E-state index contributed by atoms with van der Waals surface area (Å²) in [5, 5.41) is -0.0282. The molecular weight excluding hydrogens is 258 g/mol. The molecule has 0 heterocycles. The fourth-order valence-corrected chi connectivity index (χ4v) is 1.80. The van der Waals surface area contributed by atoms with Gasteiger partial charge in [-0.15, -0.1) is 0 Å². The molecule has 2 aromatic rings. The van der Waals surface area contributed by atoms with Crippen LogP contribution in [0, 0.1) is 11.6 Å². The van der Waals surface area contributed by atoms with E-state index in [4.69, 9.17) is 11.6 Å². The largest absolute Gasteiger partial charge is 0.294 e. The summed E-state index contributed by atoms with van der Waals surface area (Å²) in [6.45, 7) is 0. The lowest BCUT2D eigenvalue weighted by molar-refractivity contribution is 0.0992. The molecule has 0 spiro atoms. The normalized spacial score (nSPS) is 10.4. The van der Waals surface area contributed by atoms with Crippen molar-refractivity contribution in [3.05, 3.63) is 70.2 Å². The van der Waals surface area contributed by atoms with Gasteiger partial charge in [-0.05, 0) is 29.8 Å². The summed E-state index contributed by atoms with van der Waals surface area (Å²) in [6.07, 6.45) is 0.0590. The maximum atomic E-state index is 13.0. The predicted octanol–water partition coefficient (Wildman–Crippen LogP) is 4.04. The molecule has 4 heteroatoms. The zero-order chi connectivity index (χ0) is 13.1. The molecule has 0 bridgehead atoms. The Morgan fingerprint density at radius 2 is 1.89 bits per heavy atom. The molecule has 0 atom stereocenters. The van der Waals surface area contributed by atoms with Crippen molar-refractivity contribution >= 4 is 17.4 Å². The highest BCUT2D eigenvalue weighted by atomic mass is 35.5. The quantitative estimate of drug-likeness (QED) is 0.766. The van der Waals surface area contributed by atoms with Crippen molar-refractivity contribution in [3.8, 4) is 0 Å². The van der Waals surface area contributed by atoms with Crippen molar-refractivity contribution in [2.24, 2.45) is 0 Å². The standard InChI is InChI=1S/C14H9ClF2O/c15-12-6-9(4-5-13(12)17)7-14(18)10-2-1-3-11(16)8-10/h1-6,8H,7H2. The van der Waals surface area contributed by atoms with Crippen LogP contribution in [0.3, 0.4) is 0 Å². The van der Waals surface area contributed by atoms with Crippen LogP contribution < -0.4 is 0 Å². The van der Waals surface area contributed by atoms with Crippen molar-refractivity contribution in [1.82, 2.24) is 0 Å². The number of hydrogen-bond acceptors (Lipinski definition) is 1. The van der Waals surface area contributed by atoms with E-state index >= 15 is 0 Å². The first-order valence-corrected chi connectivity index (χ1v) is 5.67. The highest BCUT2D eigenvalue weighted by Crippen LogP contribution is 2.17. The molecular formula is C14H9ClF2O. The van der Waals surface area contributed by atoms with E-state index in [1.165, 1.54) is 42.5 Å². The van der Waals surface area contributed by atoms with Crippen LogP contribution in [-0.2, 0) is 6.42 Å². The smallest absolute Gasteiger partial charge is 0.167 e. The first-order chi connectivity index (χ1) is 8.56. The molecule has 0 radical (unpaired) electrons. The molecule has 0 aliphatic carbocycles. The molecule has 0 unspecified atom stereocenters. The van der Waals surface area contributed by atoms with Gasteiger partial charge in [0.1, 0.15) is 11.6 Å². The number of benzene rings is 2. The highest BCUT2D eigenvalue weighted by molar-refractivity contribution is 6.30. The van der Waals surface area contributed by atoms with Gasteiger partial charge in [-0.1, -0.05) is 29.8 Å². The van der Waals surface area contributed by atoms with Gasteiger partial charge in [-0.25, -0.2) is 8.78 Å². The van der Waals surface area contributed by atoms with Gasteiger partial charge in [0.2, 0.25) is 0 Å². The van der Waals surface area contributed by atoms with Crippen LogP contribution in [0.15, 0.2) is 42.5 Å². The Balaban J connectivity index is 2.18. The first-order valence-electron chi connectivity index (χ1n) is 5.29. The lowest BCUT2D eigenvalue weighted by Gasteiger charge is -2.03. The maximum Gasteiger partial charge on any atom is 0.167 e. The molecule has 0 aliphatic heterocycles. The fourth-order valence-electron chi connectivity index (χ4n) is 1.60. The lowest BCUT2D eigenvalue weighted by atomic mass is 10.0. The molecule has 0 amide bonds. The van der Waals surface area contributed by atoms with E-state index in [9.17, 15) is 13.6 Å². The van der Waals surface area contributed by atoms with Gasteiger partial charge in [-0.3, -0.25) is 4.79 Å². The number of halogens is 3. The number of Topliss-reactive ketones (excluding diaryl/α,β-unsaturated/α-hetero) is 1. The number of rotatable bonds is 3. The Morgan fingerprint density at radius 1 is 1.11 bits per heavy atom. The monoisotopic (exact) mass is 266 g/mol. The fraction of sp³-hybridized carbons (Fsp3) is 0.0714. The molecule has 1 nitrogen and oxygen atoms in total. The summed E-state index contributed by atoms with van der Waals surface area (Å²) >= 11 is 5.62. The van der Waals surface area contributed by atoms with Gasteiger partial charge in [-0.2, -0.15) is 0 Å². The van der Waals surface area contributed by atoms with E-state index in [0.717, 1.165) is 0 Å². The summed E-state index contributed by atoms with van der Waals surface area (Å²) in [4.78, 5) is 11.9. The topological polar surface area (TPSA) is 17.1 Å². The maximum absolute atomic E-state index is 13.0. The molecule has 0 aliphatic rings. The van der Waals surface area contributed by atoms with E-state index < -0.39 is 11.6 Å². The minimum Gasteiger partial charge on any atom is -0.294 e. The molecule has 0 N–H and O–H groups in total. The second kappa shape index (κ2) is 5.27. The van der Waals surface area contributed by atoms with Gasteiger partial charge >= 0.3 is 0 Å². The Hall–Kier alpha value is -1.74. The minimum absolute atomic E-state index is 0.0282. The summed E-state index contributed by atoms with van der Waals surface area (Å²) < 4.78 is 25.9. The van der Waals surface area contributed by atoms with Crippen LogP contribution in [0.5, 0.6) is 0 Å². The average Bonchev–Trinajstić information content (AvgIpc) is 2.34. The molecule has 0 saturated heterocycles. The second-order valence-electron chi connectivity index (χ2n) is 3.86. The van der Waals surface area contributed by atoms with Crippen LogP contribution in [-0.4, -0.2) is 5.78 Å². The van der Waals surface area contributed by atoms with Gasteiger partial charge in [0, 0.05) is 12.0 Å². The molecule has 92 valence electrons. The summed E-state index contributed by atoms with van der Waals surface area (Å²) in [5.74, 6) is -1.23. The predicted molar refractivity (Wildman–Crippen MR) is 65.8 cm³/mol. The third-order valence-electron chi connectivity index (χ3n) is 2.50. The summed E-state index contributed by atoms with van der Waals surface area (Å²) in [6, 6.07) is 9.54. The first kappa shape index (κ1) is 12.7. The zero-order valence-corrected chi connectivity index (χ0v) is 10.0. The van der Waals surface area contributed by atoms with Crippen LogP contribution in [0.25, 0.3) is 0 Å². The molecule has 2 rings (SSSR count). The number of ketones is 1. The van der Waals surface area contributed by atoms with Gasteiger partial charge < -0.3 is 0 Å². The van der Waals surface area contributed by atoms with Crippen molar-refractivity contribution in [3.63, 3.8) is 0 Å². The van der Waals surface area contributed by atoms with Gasteiger partial charge in [0.05, 0.1) is 5.02 Å². The Kier molecular flexibility index (Phi) is 3.72. The summed E-state index contributed by atoms with van der Waals surface area (Å²) in [7, 11) is 0. The molecule has 18 heavy (non-hydrogen) atoms. The second-order valence-corrected chi connectivity index (χ2v) is 4.27. The number of carbonyl (C=O) groups is 1. The van der Waals surface area contributed by atoms with Crippen molar-refractivity contribution < 1.29 is 13.6 Å². The Labute approximate surface area is 108 Å². The van der Waals surface area contributed by atoms with Crippen molar-refractivity contribution in [2.45, 2.75) is 6.42 Å². The zero-order valence-electron chi connectivity index (χ0n) is 9.29. The van der Waals surface area contributed by atoms with E-state index in [2.05, 4.69) is 0 Å². The third kappa shape index (κ3) is 2.93. The molecule has 2 aromatic carbocycles. The Morgan fingerprint density at radius 3 is 2.56 bits per heavy atom. The van der Waals surface area contributed by atoms with E-state index in [0.29, 0.717) is 5.56 Å². The van der Waals surface area contributed by atoms with E-state index in [-0.39, 0.29) is 22.8 Å². The van der Waals surface area contributed by atoms with Crippen LogP contribution in [0.1, 0.15) is 15.9 Å². The lowest BCUT2D eigenvalue weighted by Crippen LogP contribution is -2.04. The van der Waals surface area contributed by atoms with Crippen molar-refractivity contribution in [1.29, 1.82) is 0 Å². The van der Waals surface area contributed by atoms with Crippen LogP contribution in [0.2, 0.25) is 5.02 Å². The van der Waals surface area contributed by atoms with Crippen molar-refractivity contribution in [2.75, 3.05) is 0 Å². The van der Waals surface area contributed by atoms with E-state index in [1.54, 1.807) is 0 Å². The SMILES string of the molecule is O=C(Cc1ccc(F)c(Cl)c1)c1cccc(F)c1. The number of carbonyl (C=O) groups excluding carboxylic acids is 1. The minimum atomic E-state index is -0.529.